The van der Waals surface area contributed by atoms with Crippen LogP contribution >= 0.6 is 15.9 Å². The van der Waals surface area contributed by atoms with E-state index in [0.717, 1.165) is 23.7 Å². The van der Waals surface area contributed by atoms with Crippen LogP contribution in [0.1, 0.15) is 35.3 Å². The summed E-state index contributed by atoms with van der Waals surface area (Å²) in [5.74, 6) is 0. The van der Waals surface area contributed by atoms with Gasteiger partial charge >= 0.3 is 6.18 Å². The highest BCUT2D eigenvalue weighted by atomic mass is 79.9. The molecule has 1 unspecified atom stereocenters. The molecule has 0 spiro atoms. The third-order valence-electron chi connectivity index (χ3n) is 3.62. The number of aryl methyl sites for hydroxylation is 1. The van der Waals surface area contributed by atoms with Crippen molar-refractivity contribution in [3.63, 3.8) is 0 Å². The summed E-state index contributed by atoms with van der Waals surface area (Å²) in [5, 5.41) is 3.15. The summed E-state index contributed by atoms with van der Waals surface area (Å²) >= 11 is 3.10. The third kappa shape index (κ3) is 5.04. The molecule has 1 N–H and O–H groups in total. The van der Waals surface area contributed by atoms with E-state index in [9.17, 15) is 13.2 Å². The molecule has 124 valence electrons. The van der Waals surface area contributed by atoms with Gasteiger partial charge in [-0.05, 0) is 56.1 Å². The highest BCUT2D eigenvalue weighted by molar-refractivity contribution is 9.10. The van der Waals surface area contributed by atoms with Crippen molar-refractivity contribution in [1.82, 2.24) is 10.3 Å². The van der Waals surface area contributed by atoms with Crippen molar-refractivity contribution in [2.45, 2.75) is 32.5 Å². The molecule has 6 heteroatoms. The van der Waals surface area contributed by atoms with E-state index in [1.807, 2.05) is 19.1 Å². The van der Waals surface area contributed by atoms with E-state index >= 15 is 0 Å². The zero-order valence-corrected chi connectivity index (χ0v) is 14.5. The number of nitrogens with one attached hydrogen (secondary N) is 1. The summed E-state index contributed by atoms with van der Waals surface area (Å²) in [6.07, 6.45) is -1.85. The van der Waals surface area contributed by atoms with E-state index in [0.29, 0.717) is 11.0 Å². The Morgan fingerprint density at radius 3 is 2.57 bits per heavy atom. The molecule has 2 rings (SSSR count). The highest BCUT2D eigenvalue weighted by Crippen LogP contribution is 2.36. The van der Waals surface area contributed by atoms with Gasteiger partial charge in [0.1, 0.15) is 0 Å². The number of benzene rings is 1. The van der Waals surface area contributed by atoms with Crippen LogP contribution in [-0.4, -0.2) is 11.5 Å². The van der Waals surface area contributed by atoms with Gasteiger partial charge < -0.3 is 5.32 Å². The van der Waals surface area contributed by atoms with Crippen molar-refractivity contribution in [3.8, 4) is 0 Å². The topological polar surface area (TPSA) is 24.9 Å². The minimum Gasteiger partial charge on any atom is -0.310 e. The lowest BCUT2D eigenvalue weighted by molar-refractivity contribution is -0.138. The summed E-state index contributed by atoms with van der Waals surface area (Å²) in [5.41, 5.74) is 1.65. The van der Waals surface area contributed by atoms with Crippen LogP contribution in [-0.2, 0) is 12.6 Å². The van der Waals surface area contributed by atoms with Gasteiger partial charge in [-0.1, -0.05) is 28.1 Å². The lowest BCUT2D eigenvalue weighted by Crippen LogP contribution is -2.24. The van der Waals surface area contributed by atoms with Crippen molar-refractivity contribution < 1.29 is 13.2 Å². The maximum atomic E-state index is 13.2. The molecule has 1 atom stereocenters. The van der Waals surface area contributed by atoms with Gasteiger partial charge in [-0.3, -0.25) is 4.98 Å². The van der Waals surface area contributed by atoms with Gasteiger partial charge in [0, 0.05) is 22.4 Å². The highest BCUT2D eigenvalue weighted by Gasteiger charge is 2.34. The molecule has 1 aromatic carbocycles. The first-order valence-electron chi connectivity index (χ1n) is 7.29. The first kappa shape index (κ1) is 17.9. The molecular formula is C17H18BrF3N2. The molecule has 23 heavy (non-hydrogen) atoms. The fourth-order valence-electron chi connectivity index (χ4n) is 2.34. The number of halogens is 4. The zero-order valence-electron chi connectivity index (χ0n) is 12.9. The quantitative estimate of drug-likeness (QED) is 0.776. The summed E-state index contributed by atoms with van der Waals surface area (Å²) < 4.78 is 39.9. The van der Waals surface area contributed by atoms with Crippen LogP contribution in [0.4, 0.5) is 13.2 Å². The molecule has 0 saturated carbocycles. The van der Waals surface area contributed by atoms with Crippen LogP contribution in [0.25, 0.3) is 0 Å². The Bertz CT molecular complexity index is 654. The van der Waals surface area contributed by atoms with Crippen LogP contribution in [0.15, 0.2) is 41.0 Å². The minimum absolute atomic E-state index is 0.253. The Morgan fingerprint density at radius 1 is 1.22 bits per heavy atom. The van der Waals surface area contributed by atoms with E-state index < -0.39 is 17.8 Å². The van der Waals surface area contributed by atoms with Crippen molar-refractivity contribution in [2.24, 2.45) is 0 Å². The number of pyridine rings is 1. The van der Waals surface area contributed by atoms with Crippen LogP contribution in [0.2, 0.25) is 0 Å². The summed E-state index contributed by atoms with van der Waals surface area (Å²) in [4.78, 5) is 4.21. The Labute approximate surface area is 142 Å². The van der Waals surface area contributed by atoms with Crippen LogP contribution in [0.3, 0.4) is 0 Å². The fourth-order valence-corrected chi connectivity index (χ4v) is 2.70. The van der Waals surface area contributed by atoms with Crippen molar-refractivity contribution in [2.75, 3.05) is 6.54 Å². The van der Waals surface area contributed by atoms with Gasteiger partial charge in [0.15, 0.2) is 0 Å². The van der Waals surface area contributed by atoms with E-state index in [4.69, 9.17) is 0 Å². The second-order valence-corrected chi connectivity index (χ2v) is 6.38. The fraction of sp³-hybridized carbons (Fsp3) is 0.353. The largest absolute Gasteiger partial charge is 0.416 e. The number of nitrogens with zero attached hydrogens (tertiary/aromatic N) is 1. The van der Waals surface area contributed by atoms with Crippen LogP contribution in [0, 0.1) is 6.92 Å². The predicted molar refractivity (Wildman–Crippen MR) is 88.2 cm³/mol. The van der Waals surface area contributed by atoms with E-state index in [1.165, 1.54) is 6.07 Å². The van der Waals surface area contributed by atoms with Gasteiger partial charge in [-0.25, -0.2) is 0 Å². The summed E-state index contributed by atoms with van der Waals surface area (Å²) in [7, 11) is 0. The Kier molecular flexibility index (Phi) is 5.81. The number of aromatic nitrogens is 1. The van der Waals surface area contributed by atoms with Gasteiger partial charge in [-0.2, -0.15) is 13.2 Å². The predicted octanol–water partition coefficient (Wildman–Crippen LogP) is 5.06. The minimum atomic E-state index is -4.37. The zero-order chi connectivity index (χ0) is 17.0. The standard InChI is InChI=1S/C17H18BrF3N2/c1-11-3-4-13(10-23-11)7-8-22-12(2)15-6-5-14(18)9-16(15)17(19,20)21/h3-6,9-10,12,22H,7-8H2,1-2H3. The SMILES string of the molecule is Cc1ccc(CCNC(C)c2ccc(Br)cc2C(F)(F)F)cn1. The van der Waals surface area contributed by atoms with Crippen LogP contribution in [0.5, 0.6) is 0 Å². The number of alkyl halides is 3. The van der Waals surface area contributed by atoms with E-state index in [2.05, 4.69) is 26.2 Å². The number of hydrogen-bond acceptors (Lipinski definition) is 2. The second-order valence-electron chi connectivity index (χ2n) is 5.46. The molecule has 0 aliphatic rings. The second kappa shape index (κ2) is 7.45. The van der Waals surface area contributed by atoms with E-state index in [-0.39, 0.29) is 5.56 Å². The van der Waals surface area contributed by atoms with E-state index in [1.54, 1.807) is 19.2 Å². The first-order valence-corrected chi connectivity index (χ1v) is 8.08. The van der Waals surface area contributed by atoms with Gasteiger partial charge in [0.05, 0.1) is 5.56 Å². The molecular weight excluding hydrogens is 369 g/mol. The van der Waals surface area contributed by atoms with Crippen molar-refractivity contribution in [3.05, 3.63) is 63.4 Å². The molecule has 0 bridgehead atoms. The molecule has 1 aromatic heterocycles. The molecule has 1 heterocycles. The summed E-state index contributed by atoms with van der Waals surface area (Å²) in [6, 6.07) is 7.78. The average molecular weight is 387 g/mol. The lowest BCUT2D eigenvalue weighted by atomic mass is 10.0. The Hall–Kier alpha value is -1.40. The monoisotopic (exact) mass is 386 g/mol. The Balaban J connectivity index is 2.03. The maximum Gasteiger partial charge on any atom is 0.416 e. The molecule has 0 radical (unpaired) electrons. The lowest BCUT2D eigenvalue weighted by Gasteiger charge is -2.20. The van der Waals surface area contributed by atoms with Gasteiger partial charge in [0.2, 0.25) is 0 Å². The molecule has 2 nitrogen and oxygen atoms in total. The molecule has 0 aliphatic heterocycles. The van der Waals surface area contributed by atoms with Gasteiger partial charge in [0.25, 0.3) is 0 Å². The molecule has 0 fully saturated rings. The molecule has 0 saturated heterocycles. The number of rotatable bonds is 5. The summed E-state index contributed by atoms with van der Waals surface area (Å²) in [6.45, 7) is 4.24. The average Bonchev–Trinajstić information content (AvgIpc) is 2.48. The smallest absolute Gasteiger partial charge is 0.310 e. The van der Waals surface area contributed by atoms with Crippen molar-refractivity contribution in [1.29, 1.82) is 0 Å². The maximum absolute atomic E-state index is 13.2. The van der Waals surface area contributed by atoms with Crippen LogP contribution < -0.4 is 5.32 Å². The number of hydrogen-bond donors (Lipinski definition) is 1. The third-order valence-corrected chi connectivity index (χ3v) is 4.12. The molecule has 0 amide bonds. The molecule has 0 aliphatic carbocycles. The Morgan fingerprint density at radius 2 is 1.96 bits per heavy atom. The van der Waals surface area contributed by atoms with Gasteiger partial charge in [-0.15, -0.1) is 0 Å². The molecule has 2 aromatic rings. The van der Waals surface area contributed by atoms with Crippen molar-refractivity contribution >= 4 is 15.9 Å². The normalized spacial score (nSPS) is 13.1. The first-order chi connectivity index (χ1) is 10.8.